The third kappa shape index (κ3) is 4.57. The number of nitrogens with zero attached hydrogens (tertiary/aromatic N) is 1. The van der Waals surface area contributed by atoms with Crippen LogP contribution in [0, 0.1) is 0 Å². The zero-order valence-electron chi connectivity index (χ0n) is 11.5. The molecule has 0 aromatic carbocycles. The second-order valence-corrected chi connectivity index (χ2v) is 4.38. The standard InChI is InChI=1S/C12H16F3N3O3/c1-11(16,12(13,14)15)10(19)18-8-3-4-9(17-7-8)21-6-5-20-2/h3-4,7H,5-6,16H2,1-2H3,(H,18,19). The summed E-state index contributed by atoms with van der Waals surface area (Å²) in [5.41, 5.74) is 2.10. The summed E-state index contributed by atoms with van der Waals surface area (Å²) in [6.45, 7) is 1.25. The topological polar surface area (TPSA) is 86.5 Å². The van der Waals surface area contributed by atoms with Gasteiger partial charge in [-0.1, -0.05) is 0 Å². The van der Waals surface area contributed by atoms with Crippen molar-refractivity contribution >= 4 is 11.6 Å². The van der Waals surface area contributed by atoms with Gasteiger partial charge in [0.15, 0.2) is 5.54 Å². The molecule has 0 aliphatic rings. The molecule has 1 rings (SSSR count). The minimum absolute atomic E-state index is 0.0833. The summed E-state index contributed by atoms with van der Waals surface area (Å²) in [6.07, 6.45) is -3.68. The first kappa shape index (κ1) is 17.2. The lowest BCUT2D eigenvalue weighted by Gasteiger charge is -2.26. The van der Waals surface area contributed by atoms with Gasteiger partial charge in [-0.25, -0.2) is 4.98 Å². The molecule has 6 nitrogen and oxygen atoms in total. The number of nitrogens with two attached hydrogens (primary N) is 1. The lowest BCUT2D eigenvalue weighted by Crippen LogP contribution is -2.59. The molecule has 9 heteroatoms. The van der Waals surface area contributed by atoms with Gasteiger partial charge < -0.3 is 20.5 Å². The van der Waals surface area contributed by atoms with Gasteiger partial charge in [0.1, 0.15) is 6.61 Å². The fourth-order valence-electron chi connectivity index (χ4n) is 1.16. The minimum Gasteiger partial charge on any atom is -0.475 e. The Hall–Kier alpha value is -1.87. The number of carbonyl (C=O) groups excluding carboxylic acids is 1. The van der Waals surface area contributed by atoms with Gasteiger partial charge in [-0.2, -0.15) is 13.2 Å². The molecule has 0 aliphatic carbocycles. The Labute approximate surface area is 119 Å². The zero-order chi connectivity index (χ0) is 16.1. The predicted octanol–water partition coefficient (Wildman–Crippen LogP) is 1.32. The van der Waals surface area contributed by atoms with E-state index in [-0.39, 0.29) is 18.2 Å². The van der Waals surface area contributed by atoms with Gasteiger partial charge in [0, 0.05) is 13.2 Å². The van der Waals surface area contributed by atoms with Gasteiger partial charge in [-0.3, -0.25) is 4.79 Å². The molecule has 1 unspecified atom stereocenters. The van der Waals surface area contributed by atoms with Crippen molar-refractivity contribution in [3.63, 3.8) is 0 Å². The summed E-state index contributed by atoms with van der Waals surface area (Å²) in [5.74, 6) is -1.11. The van der Waals surface area contributed by atoms with Crippen LogP contribution in [0.4, 0.5) is 18.9 Å². The lowest BCUT2D eigenvalue weighted by atomic mass is 10.0. The highest BCUT2D eigenvalue weighted by Gasteiger charge is 2.53. The first-order valence-corrected chi connectivity index (χ1v) is 5.93. The molecule has 118 valence electrons. The lowest BCUT2D eigenvalue weighted by molar-refractivity contribution is -0.184. The van der Waals surface area contributed by atoms with E-state index >= 15 is 0 Å². The number of pyridine rings is 1. The second kappa shape index (κ2) is 6.72. The van der Waals surface area contributed by atoms with E-state index in [2.05, 4.69) is 10.3 Å². The number of rotatable bonds is 6. The van der Waals surface area contributed by atoms with Gasteiger partial charge in [0.2, 0.25) is 5.88 Å². The van der Waals surface area contributed by atoms with Crippen molar-refractivity contribution in [1.82, 2.24) is 4.98 Å². The molecular weight excluding hydrogens is 291 g/mol. The van der Waals surface area contributed by atoms with Crippen LogP contribution < -0.4 is 15.8 Å². The molecule has 21 heavy (non-hydrogen) atoms. The maximum absolute atomic E-state index is 12.6. The summed E-state index contributed by atoms with van der Waals surface area (Å²) < 4.78 is 47.7. The van der Waals surface area contributed by atoms with Crippen molar-refractivity contribution in [2.24, 2.45) is 5.73 Å². The molecule has 1 atom stereocenters. The van der Waals surface area contributed by atoms with E-state index < -0.39 is 17.6 Å². The molecule has 1 amide bonds. The number of hydrogen-bond donors (Lipinski definition) is 2. The molecule has 1 heterocycles. The van der Waals surface area contributed by atoms with Crippen LogP contribution in [0.2, 0.25) is 0 Å². The Morgan fingerprint density at radius 3 is 2.52 bits per heavy atom. The van der Waals surface area contributed by atoms with E-state index in [1.807, 2.05) is 0 Å². The number of carbonyl (C=O) groups is 1. The largest absolute Gasteiger partial charge is 0.475 e. The molecule has 0 saturated heterocycles. The van der Waals surface area contributed by atoms with Crippen molar-refractivity contribution in [1.29, 1.82) is 0 Å². The Bertz CT molecular complexity index is 475. The zero-order valence-corrected chi connectivity index (χ0v) is 11.5. The highest BCUT2D eigenvalue weighted by atomic mass is 19.4. The fourth-order valence-corrected chi connectivity index (χ4v) is 1.16. The first-order chi connectivity index (χ1) is 9.68. The second-order valence-electron chi connectivity index (χ2n) is 4.38. The maximum atomic E-state index is 12.6. The number of methoxy groups -OCH3 is 1. The van der Waals surface area contributed by atoms with Crippen LogP contribution in [0.5, 0.6) is 5.88 Å². The highest BCUT2D eigenvalue weighted by Crippen LogP contribution is 2.29. The van der Waals surface area contributed by atoms with Crippen molar-refractivity contribution in [2.45, 2.75) is 18.6 Å². The number of ether oxygens (including phenoxy) is 2. The third-order valence-electron chi connectivity index (χ3n) is 2.59. The first-order valence-electron chi connectivity index (χ1n) is 5.93. The van der Waals surface area contributed by atoms with Crippen molar-refractivity contribution in [2.75, 3.05) is 25.6 Å². The van der Waals surface area contributed by atoms with Crippen LogP contribution in [-0.2, 0) is 9.53 Å². The molecule has 0 spiro atoms. The fraction of sp³-hybridized carbons (Fsp3) is 0.500. The van der Waals surface area contributed by atoms with Crippen LogP contribution >= 0.6 is 0 Å². The van der Waals surface area contributed by atoms with E-state index in [4.69, 9.17) is 15.2 Å². The SMILES string of the molecule is COCCOc1ccc(NC(=O)C(C)(N)C(F)(F)F)cn1. The Balaban J connectivity index is 2.65. The van der Waals surface area contributed by atoms with Gasteiger partial charge in [0.25, 0.3) is 5.91 Å². The maximum Gasteiger partial charge on any atom is 0.415 e. The van der Waals surface area contributed by atoms with E-state index in [0.717, 1.165) is 0 Å². The van der Waals surface area contributed by atoms with Crippen LogP contribution in [0.25, 0.3) is 0 Å². The minimum atomic E-state index is -4.85. The van der Waals surface area contributed by atoms with Crippen molar-refractivity contribution < 1.29 is 27.4 Å². The summed E-state index contributed by atoms with van der Waals surface area (Å²) in [6, 6.07) is 2.77. The van der Waals surface area contributed by atoms with Crippen LogP contribution in [0.1, 0.15) is 6.92 Å². The van der Waals surface area contributed by atoms with Crippen LogP contribution in [0.15, 0.2) is 18.3 Å². The van der Waals surface area contributed by atoms with Gasteiger partial charge >= 0.3 is 6.18 Å². The summed E-state index contributed by atoms with van der Waals surface area (Å²) in [7, 11) is 1.51. The van der Waals surface area contributed by atoms with Crippen LogP contribution in [-0.4, -0.2) is 42.9 Å². The van der Waals surface area contributed by atoms with E-state index in [9.17, 15) is 18.0 Å². The van der Waals surface area contributed by atoms with E-state index in [1.54, 1.807) is 0 Å². The molecule has 0 aliphatic heterocycles. The van der Waals surface area contributed by atoms with Crippen molar-refractivity contribution in [3.05, 3.63) is 18.3 Å². The molecular formula is C12H16F3N3O3. The number of alkyl halides is 3. The molecule has 3 N–H and O–H groups in total. The number of halogens is 3. The van der Waals surface area contributed by atoms with E-state index in [1.165, 1.54) is 25.4 Å². The molecule has 0 radical (unpaired) electrons. The molecule has 0 fully saturated rings. The molecule has 0 bridgehead atoms. The number of amides is 1. The summed E-state index contributed by atoms with van der Waals surface area (Å²) >= 11 is 0. The van der Waals surface area contributed by atoms with Gasteiger partial charge in [-0.15, -0.1) is 0 Å². The highest BCUT2D eigenvalue weighted by molar-refractivity contribution is 5.98. The average molecular weight is 307 g/mol. The number of hydrogen-bond acceptors (Lipinski definition) is 5. The molecule has 1 aromatic heterocycles. The smallest absolute Gasteiger partial charge is 0.415 e. The average Bonchev–Trinajstić information content (AvgIpc) is 2.39. The monoisotopic (exact) mass is 307 g/mol. The normalized spacial score (nSPS) is 14.4. The summed E-state index contributed by atoms with van der Waals surface area (Å²) in [4.78, 5) is 15.4. The number of nitrogens with one attached hydrogen (secondary N) is 1. The molecule has 1 aromatic rings. The number of aromatic nitrogens is 1. The van der Waals surface area contributed by atoms with E-state index in [0.29, 0.717) is 13.5 Å². The Morgan fingerprint density at radius 1 is 1.38 bits per heavy atom. The third-order valence-corrected chi connectivity index (χ3v) is 2.59. The quantitative estimate of drug-likeness (QED) is 0.774. The summed E-state index contributed by atoms with van der Waals surface area (Å²) in [5, 5.41) is 2.06. The van der Waals surface area contributed by atoms with Crippen molar-refractivity contribution in [3.8, 4) is 5.88 Å². The Kier molecular flexibility index (Phi) is 5.50. The molecule has 0 saturated carbocycles. The van der Waals surface area contributed by atoms with Gasteiger partial charge in [-0.05, 0) is 13.0 Å². The number of anilines is 1. The van der Waals surface area contributed by atoms with Crippen LogP contribution in [0.3, 0.4) is 0 Å². The predicted molar refractivity (Wildman–Crippen MR) is 68.9 cm³/mol. The Morgan fingerprint density at radius 2 is 2.05 bits per heavy atom. The van der Waals surface area contributed by atoms with Gasteiger partial charge in [0.05, 0.1) is 18.5 Å².